The molecule has 0 fully saturated rings. The van der Waals surface area contributed by atoms with Crippen molar-refractivity contribution >= 4 is 11.6 Å². The number of nitrogens with two attached hydrogens (primary N) is 2. The predicted molar refractivity (Wildman–Crippen MR) is 76.8 cm³/mol. The highest BCUT2D eigenvalue weighted by Gasteiger charge is 2.10. The molecule has 0 spiro atoms. The number of ether oxygens (including phenoxy) is 1. The fourth-order valence-corrected chi connectivity index (χ4v) is 1.83. The first-order valence-electron chi connectivity index (χ1n) is 6.35. The van der Waals surface area contributed by atoms with Crippen molar-refractivity contribution in [2.75, 3.05) is 32.5 Å². The summed E-state index contributed by atoms with van der Waals surface area (Å²) in [5.41, 5.74) is 13.0. The van der Waals surface area contributed by atoms with Crippen molar-refractivity contribution < 1.29 is 9.53 Å². The number of nitrogens with zero attached hydrogens (tertiary/aromatic N) is 2. The van der Waals surface area contributed by atoms with Crippen molar-refractivity contribution in [2.45, 2.75) is 13.0 Å². The summed E-state index contributed by atoms with van der Waals surface area (Å²) in [4.78, 5) is 13.2. The number of carbonyl (C=O) groups excluding carboxylic acids is 1. The third kappa shape index (κ3) is 4.88. The zero-order chi connectivity index (χ0) is 15.0. The molecule has 6 nitrogen and oxygen atoms in total. The van der Waals surface area contributed by atoms with Crippen LogP contribution in [0.2, 0.25) is 0 Å². The Kier molecular flexibility index (Phi) is 6.50. The van der Waals surface area contributed by atoms with Crippen molar-refractivity contribution in [3.63, 3.8) is 0 Å². The average Bonchev–Trinajstić information content (AvgIpc) is 2.43. The minimum Gasteiger partial charge on any atom is -0.398 e. The fourth-order valence-electron chi connectivity index (χ4n) is 1.83. The summed E-state index contributed by atoms with van der Waals surface area (Å²) in [6.45, 7) is 2.56. The van der Waals surface area contributed by atoms with E-state index in [1.807, 2.05) is 0 Å². The van der Waals surface area contributed by atoms with Gasteiger partial charge in [0.1, 0.15) is 0 Å². The summed E-state index contributed by atoms with van der Waals surface area (Å²) in [5, 5.41) is 8.67. The van der Waals surface area contributed by atoms with Crippen LogP contribution in [0.15, 0.2) is 18.2 Å². The topological polar surface area (TPSA) is 105 Å². The number of nitriles is 1. The van der Waals surface area contributed by atoms with Crippen LogP contribution in [0.1, 0.15) is 22.3 Å². The number of nitrogen functional groups attached to an aromatic ring is 1. The number of hydrogen-bond acceptors (Lipinski definition) is 5. The number of anilines is 1. The highest BCUT2D eigenvalue weighted by atomic mass is 16.5. The van der Waals surface area contributed by atoms with Gasteiger partial charge < -0.3 is 16.2 Å². The van der Waals surface area contributed by atoms with Crippen LogP contribution in [-0.2, 0) is 11.3 Å². The van der Waals surface area contributed by atoms with Gasteiger partial charge in [-0.25, -0.2) is 0 Å². The second-order valence-corrected chi connectivity index (χ2v) is 4.45. The highest BCUT2D eigenvalue weighted by Crippen LogP contribution is 2.16. The standard InChI is InChI=1S/C14H20N4O2/c1-20-8-7-18(6-2-5-15)10-12-4-3-11(14(17)19)9-13(12)16/h3-4,9H,2,6-8,10,16H2,1H3,(H2,17,19). The van der Waals surface area contributed by atoms with Crippen molar-refractivity contribution in [3.05, 3.63) is 29.3 Å². The van der Waals surface area contributed by atoms with E-state index in [0.29, 0.717) is 37.4 Å². The maximum Gasteiger partial charge on any atom is 0.248 e. The molecule has 0 aliphatic heterocycles. The van der Waals surface area contributed by atoms with Gasteiger partial charge in [-0.15, -0.1) is 0 Å². The normalized spacial score (nSPS) is 10.4. The molecule has 0 unspecified atom stereocenters. The number of rotatable bonds is 8. The molecule has 1 aromatic rings. The molecule has 0 aliphatic rings. The molecule has 6 heteroatoms. The van der Waals surface area contributed by atoms with E-state index >= 15 is 0 Å². The second-order valence-electron chi connectivity index (χ2n) is 4.45. The first-order valence-corrected chi connectivity index (χ1v) is 6.35. The summed E-state index contributed by atoms with van der Waals surface area (Å²) in [6.07, 6.45) is 0.447. The molecule has 0 aromatic heterocycles. The minimum atomic E-state index is -0.496. The Morgan fingerprint density at radius 3 is 2.75 bits per heavy atom. The third-order valence-corrected chi connectivity index (χ3v) is 2.98. The Bertz CT molecular complexity index is 496. The Hall–Kier alpha value is -2.10. The van der Waals surface area contributed by atoms with Crippen LogP contribution in [0.3, 0.4) is 0 Å². The Morgan fingerprint density at radius 2 is 2.20 bits per heavy atom. The van der Waals surface area contributed by atoms with E-state index in [1.165, 1.54) is 0 Å². The first-order chi connectivity index (χ1) is 9.58. The molecule has 0 aliphatic carbocycles. The van der Waals surface area contributed by atoms with E-state index in [9.17, 15) is 4.79 Å². The van der Waals surface area contributed by atoms with E-state index < -0.39 is 5.91 Å². The van der Waals surface area contributed by atoms with Crippen molar-refractivity contribution in [2.24, 2.45) is 5.73 Å². The lowest BCUT2D eigenvalue weighted by atomic mass is 10.1. The van der Waals surface area contributed by atoms with Crippen molar-refractivity contribution in [3.8, 4) is 6.07 Å². The summed E-state index contributed by atoms with van der Waals surface area (Å²) < 4.78 is 5.05. The molecule has 0 saturated heterocycles. The molecule has 0 bridgehead atoms. The van der Waals surface area contributed by atoms with Crippen LogP contribution < -0.4 is 11.5 Å². The van der Waals surface area contributed by atoms with Crippen LogP contribution in [0, 0.1) is 11.3 Å². The molecule has 1 rings (SSSR count). The highest BCUT2D eigenvalue weighted by molar-refractivity contribution is 5.93. The lowest BCUT2D eigenvalue weighted by Gasteiger charge is -2.21. The van der Waals surface area contributed by atoms with Gasteiger partial charge in [0.2, 0.25) is 5.91 Å². The Labute approximate surface area is 118 Å². The van der Waals surface area contributed by atoms with Crippen LogP contribution in [0.25, 0.3) is 0 Å². The molecular formula is C14H20N4O2. The Morgan fingerprint density at radius 1 is 1.45 bits per heavy atom. The van der Waals surface area contributed by atoms with E-state index in [1.54, 1.807) is 25.3 Å². The molecule has 20 heavy (non-hydrogen) atoms. The van der Waals surface area contributed by atoms with Crippen LogP contribution >= 0.6 is 0 Å². The Balaban J connectivity index is 2.76. The monoisotopic (exact) mass is 276 g/mol. The summed E-state index contributed by atoms with van der Waals surface area (Å²) in [6, 6.07) is 7.16. The zero-order valence-electron chi connectivity index (χ0n) is 11.6. The smallest absolute Gasteiger partial charge is 0.248 e. The van der Waals surface area contributed by atoms with Crippen molar-refractivity contribution in [1.29, 1.82) is 5.26 Å². The zero-order valence-corrected chi connectivity index (χ0v) is 11.6. The SMILES string of the molecule is COCCN(CCC#N)Cc1ccc(C(N)=O)cc1N. The van der Waals surface area contributed by atoms with Crippen LogP contribution in [-0.4, -0.2) is 37.6 Å². The van der Waals surface area contributed by atoms with Gasteiger partial charge in [0.15, 0.2) is 0 Å². The van der Waals surface area contributed by atoms with Gasteiger partial charge in [0.25, 0.3) is 0 Å². The van der Waals surface area contributed by atoms with Gasteiger partial charge in [-0.2, -0.15) is 5.26 Å². The van der Waals surface area contributed by atoms with Gasteiger partial charge >= 0.3 is 0 Å². The van der Waals surface area contributed by atoms with Gasteiger partial charge in [0.05, 0.1) is 12.7 Å². The molecule has 0 heterocycles. The number of methoxy groups -OCH3 is 1. The van der Waals surface area contributed by atoms with E-state index in [0.717, 1.165) is 12.1 Å². The summed E-state index contributed by atoms with van der Waals surface area (Å²) in [5.74, 6) is -0.496. The van der Waals surface area contributed by atoms with Gasteiger partial charge in [-0.1, -0.05) is 6.07 Å². The number of amides is 1. The second kappa shape index (κ2) is 8.15. The quantitative estimate of drug-likeness (QED) is 0.681. The first kappa shape index (κ1) is 16.0. The molecule has 0 saturated carbocycles. The predicted octanol–water partition coefficient (Wildman–Crippen LogP) is 0.730. The lowest BCUT2D eigenvalue weighted by Crippen LogP contribution is -2.28. The molecule has 1 aromatic carbocycles. The lowest BCUT2D eigenvalue weighted by molar-refractivity contribution is 0.100. The minimum absolute atomic E-state index is 0.395. The molecule has 0 atom stereocenters. The van der Waals surface area contributed by atoms with Crippen LogP contribution in [0.4, 0.5) is 5.69 Å². The van der Waals surface area contributed by atoms with Gasteiger partial charge in [0, 0.05) is 44.4 Å². The maximum atomic E-state index is 11.1. The third-order valence-electron chi connectivity index (χ3n) is 2.98. The molecule has 108 valence electrons. The number of hydrogen-bond donors (Lipinski definition) is 2. The molecule has 0 radical (unpaired) electrons. The molecular weight excluding hydrogens is 256 g/mol. The van der Waals surface area contributed by atoms with Gasteiger partial charge in [-0.05, 0) is 17.7 Å². The average molecular weight is 276 g/mol. The summed E-state index contributed by atoms with van der Waals surface area (Å²) >= 11 is 0. The number of primary amides is 1. The molecule has 4 N–H and O–H groups in total. The largest absolute Gasteiger partial charge is 0.398 e. The number of benzene rings is 1. The van der Waals surface area contributed by atoms with E-state index in [2.05, 4.69) is 11.0 Å². The molecule has 1 amide bonds. The van der Waals surface area contributed by atoms with E-state index in [4.69, 9.17) is 21.5 Å². The van der Waals surface area contributed by atoms with Crippen molar-refractivity contribution in [1.82, 2.24) is 4.90 Å². The maximum absolute atomic E-state index is 11.1. The van der Waals surface area contributed by atoms with Crippen LogP contribution in [0.5, 0.6) is 0 Å². The van der Waals surface area contributed by atoms with E-state index in [-0.39, 0.29) is 0 Å². The summed E-state index contributed by atoms with van der Waals surface area (Å²) in [7, 11) is 1.64. The fraction of sp³-hybridized carbons (Fsp3) is 0.429. The number of carbonyl (C=O) groups is 1. The van der Waals surface area contributed by atoms with Gasteiger partial charge in [-0.3, -0.25) is 9.69 Å².